The number of phenolic OH excluding ortho intramolecular Hbond substituents is 1. The molecule has 11 nitrogen and oxygen atoms in total. The number of anilines is 1. The molecule has 15 heteroatoms. The Kier molecular flexibility index (Phi) is 6.94. The molecule has 1 amide bonds. The fraction of sp³-hybridized carbons (Fsp3) is 0.105. The van der Waals surface area contributed by atoms with Gasteiger partial charge in [-0.3, -0.25) is 13.9 Å². The number of phenols is 1. The molecule has 0 unspecified atom stereocenters. The number of carbonyl (C=O) groups is 1. The van der Waals surface area contributed by atoms with Crippen LogP contribution in [0, 0.1) is 0 Å². The Balaban J connectivity index is 2.50. The van der Waals surface area contributed by atoms with E-state index in [0.29, 0.717) is 18.2 Å². The van der Waals surface area contributed by atoms with E-state index >= 15 is 0 Å². The fourth-order valence-electron chi connectivity index (χ4n) is 3.21. The normalized spacial score (nSPS) is 12.6. The summed E-state index contributed by atoms with van der Waals surface area (Å²) in [5, 5.41) is 11.3. The van der Waals surface area contributed by atoms with Crippen molar-refractivity contribution in [2.24, 2.45) is 0 Å². The molecule has 3 aromatic carbocycles. The summed E-state index contributed by atoms with van der Waals surface area (Å²) in [4.78, 5) is 9.94. The van der Waals surface area contributed by atoms with Crippen molar-refractivity contribution in [2.45, 2.75) is 14.7 Å². The minimum atomic E-state index is -5.17. The molecule has 0 heterocycles. The number of aromatic hydroxyl groups is 1. The van der Waals surface area contributed by atoms with E-state index in [4.69, 9.17) is 11.6 Å². The van der Waals surface area contributed by atoms with Gasteiger partial charge in [0.25, 0.3) is 26.1 Å². The molecular weight excluding hydrogens is 534 g/mol. The summed E-state index contributed by atoms with van der Waals surface area (Å²) in [5.74, 6) is -3.03. The van der Waals surface area contributed by atoms with Gasteiger partial charge in [-0.25, -0.2) is 8.42 Å². The molecule has 182 valence electrons. The van der Waals surface area contributed by atoms with Crippen LogP contribution in [0.25, 0.3) is 10.8 Å². The fourth-order valence-corrected chi connectivity index (χ4v) is 6.43. The lowest BCUT2D eigenvalue weighted by molar-refractivity contribution is 0.102. The monoisotopic (exact) mass is 549 g/mol. The topological polar surface area (TPSA) is 192 Å². The molecule has 3 aromatic rings. The largest absolute Gasteiger partial charge is 0.507 e. The number of amides is 1. The maximum absolute atomic E-state index is 13.1. The molecule has 4 N–H and O–H groups in total. The summed E-state index contributed by atoms with van der Waals surface area (Å²) >= 11 is 5.59. The van der Waals surface area contributed by atoms with Gasteiger partial charge in [-0.1, -0.05) is 18.2 Å². The number of fused-ring (bicyclic) bond motifs is 1. The van der Waals surface area contributed by atoms with Crippen molar-refractivity contribution in [2.75, 3.05) is 16.9 Å². The smallest absolute Gasteiger partial charge is 0.295 e. The minimum absolute atomic E-state index is 0.0719. The SMILES string of the molecule is O=C(Nc1cc(S(=O)(=O)O)c2cc(S(=O)(=O)O)cc(O)c2c1S(=O)(=O)CCCl)c1ccccc1. The van der Waals surface area contributed by atoms with E-state index in [1.165, 1.54) is 24.3 Å². The molecule has 0 atom stereocenters. The van der Waals surface area contributed by atoms with Gasteiger partial charge in [0.2, 0.25) is 0 Å². The molecule has 0 aliphatic heterocycles. The van der Waals surface area contributed by atoms with Crippen LogP contribution in [0.1, 0.15) is 10.4 Å². The van der Waals surface area contributed by atoms with Gasteiger partial charge in [-0.2, -0.15) is 16.8 Å². The van der Waals surface area contributed by atoms with Gasteiger partial charge >= 0.3 is 0 Å². The van der Waals surface area contributed by atoms with Crippen LogP contribution in [0.3, 0.4) is 0 Å². The lowest BCUT2D eigenvalue weighted by Crippen LogP contribution is -2.18. The van der Waals surface area contributed by atoms with E-state index in [9.17, 15) is 44.3 Å². The average Bonchev–Trinajstić information content (AvgIpc) is 2.72. The van der Waals surface area contributed by atoms with E-state index in [1.807, 2.05) is 0 Å². The van der Waals surface area contributed by atoms with Crippen molar-refractivity contribution in [1.29, 1.82) is 0 Å². The van der Waals surface area contributed by atoms with Crippen molar-refractivity contribution in [3.63, 3.8) is 0 Å². The summed E-state index contributed by atoms with van der Waals surface area (Å²) in [6.07, 6.45) is 0. The molecule has 0 saturated heterocycles. The van der Waals surface area contributed by atoms with E-state index in [1.54, 1.807) is 6.07 Å². The van der Waals surface area contributed by atoms with E-state index in [2.05, 4.69) is 5.32 Å². The highest BCUT2D eigenvalue weighted by Gasteiger charge is 2.31. The first kappa shape index (κ1) is 25.9. The van der Waals surface area contributed by atoms with Crippen molar-refractivity contribution in [3.8, 4) is 5.75 Å². The Labute approximate surface area is 199 Å². The maximum Gasteiger partial charge on any atom is 0.295 e. The second-order valence-corrected chi connectivity index (χ2v) is 12.1. The zero-order valence-electron chi connectivity index (χ0n) is 16.8. The molecule has 0 aliphatic carbocycles. The predicted molar refractivity (Wildman–Crippen MR) is 122 cm³/mol. The summed E-state index contributed by atoms with van der Waals surface area (Å²) in [6, 6.07) is 9.10. The molecule has 3 rings (SSSR count). The zero-order valence-corrected chi connectivity index (χ0v) is 20.0. The van der Waals surface area contributed by atoms with Gasteiger partial charge in [0.1, 0.15) is 15.5 Å². The molecule has 0 spiro atoms. The number of rotatable bonds is 7. The highest BCUT2D eigenvalue weighted by molar-refractivity contribution is 7.92. The van der Waals surface area contributed by atoms with Crippen LogP contribution < -0.4 is 5.32 Å². The molecule has 0 bridgehead atoms. The van der Waals surface area contributed by atoms with Crippen LogP contribution in [-0.4, -0.2) is 57.0 Å². The van der Waals surface area contributed by atoms with Gasteiger partial charge in [-0.15, -0.1) is 11.6 Å². The van der Waals surface area contributed by atoms with Crippen LogP contribution in [-0.2, 0) is 30.1 Å². The Morgan fingerprint density at radius 1 is 0.912 bits per heavy atom. The van der Waals surface area contributed by atoms with Gasteiger partial charge in [0.15, 0.2) is 9.84 Å². The van der Waals surface area contributed by atoms with E-state index in [-0.39, 0.29) is 5.56 Å². The van der Waals surface area contributed by atoms with Gasteiger partial charge in [0.05, 0.1) is 16.3 Å². The molecule has 0 aromatic heterocycles. The van der Waals surface area contributed by atoms with Crippen LogP contribution in [0.5, 0.6) is 5.75 Å². The number of hydrogen-bond donors (Lipinski definition) is 4. The second-order valence-electron chi connectivity index (χ2n) is 6.89. The Hall–Kier alpha value is -2.75. The first-order valence-electron chi connectivity index (χ1n) is 9.10. The van der Waals surface area contributed by atoms with Crippen LogP contribution in [0.4, 0.5) is 5.69 Å². The molecule has 34 heavy (non-hydrogen) atoms. The number of alkyl halides is 1. The third-order valence-corrected chi connectivity index (χ3v) is 8.55. The van der Waals surface area contributed by atoms with Crippen LogP contribution >= 0.6 is 11.6 Å². The highest BCUT2D eigenvalue weighted by atomic mass is 35.5. The van der Waals surface area contributed by atoms with Gasteiger partial charge < -0.3 is 10.4 Å². The summed E-state index contributed by atoms with van der Waals surface area (Å²) in [6.45, 7) is 0. The number of benzene rings is 3. The third kappa shape index (κ3) is 5.16. The Bertz CT molecular complexity index is 1620. The van der Waals surface area contributed by atoms with Gasteiger partial charge in [-0.05, 0) is 24.3 Å². The molecule has 0 radical (unpaired) electrons. The third-order valence-electron chi connectivity index (χ3n) is 4.62. The number of nitrogens with one attached hydrogen (secondary N) is 1. The first-order chi connectivity index (χ1) is 15.7. The van der Waals surface area contributed by atoms with Crippen LogP contribution in [0.2, 0.25) is 0 Å². The molecule has 0 fully saturated rings. The Morgan fingerprint density at radius 3 is 2.06 bits per heavy atom. The number of hydrogen-bond acceptors (Lipinski definition) is 8. The standard InChI is InChI=1S/C19H16ClNO10S3/c20-6-7-32(24,25)18-14(21-19(23)11-4-2-1-3-5-11)10-16(34(29,30)31)13-8-12(33(26,27)28)9-15(22)17(13)18/h1-5,8-10,22H,6-7H2,(H,21,23)(H,26,27,28)(H,29,30,31). The first-order valence-corrected chi connectivity index (χ1v) is 14.2. The van der Waals surface area contributed by atoms with Crippen molar-refractivity contribution in [3.05, 3.63) is 54.1 Å². The zero-order chi connectivity index (χ0) is 25.5. The van der Waals surface area contributed by atoms with Crippen molar-refractivity contribution in [1.82, 2.24) is 0 Å². The van der Waals surface area contributed by atoms with Crippen LogP contribution in [0.15, 0.2) is 63.2 Å². The van der Waals surface area contributed by atoms with E-state index in [0.717, 1.165) is 0 Å². The quantitative estimate of drug-likeness (QED) is 0.251. The second kappa shape index (κ2) is 9.13. The molecule has 0 saturated carbocycles. The lowest BCUT2D eigenvalue weighted by Gasteiger charge is -2.18. The summed E-state index contributed by atoms with van der Waals surface area (Å²) in [7, 11) is -14.6. The Morgan fingerprint density at radius 2 is 1.53 bits per heavy atom. The average molecular weight is 550 g/mol. The number of halogens is 1. The minimum Gasteiger partial charge on any atom is -0.507 e. The van der Waals surface area contributed by atoms with Gasteiger partial charge in [0, 0.05) is 28.3 Å². The lowest BCUT2D eigenvalue weighted by atomic mass is 10.1. The maximum atomic E-state index is 13.1. The van der Waals surface area contributed by atoms with Crippen molar-refractivity contribution >= 4 is 64.0 Å². The predicted octanol–water partition coefficient (Wildman–Crippen LogP) is 2.30. The highest BCUT2D eigenvalue weighted by Crippen LogP contribution is 2.42. The number of carbonyl (C=O) groups excluding carboxylic acids is 1. The molecular formula is C19H16ClNO10S3. The van der Waals surface area contributed by atoms with Crippen molar-refractivity contribution < 1.29 is 44.3 Å². The summed E-state index contributed by atoms with van der Waals surface area (Å²) < 4.78 is 92.5. The van der Waals surface area contributed by atoms with E-state index < -0.39 is 84.5 Å². The summed E-state index contributed by atoms with van der Waals surface area (Å²) in [5.41, 5.74) is -0.545. The molecule has 0 aliphatic rings. The number of sulfone groups is 1.